The standard InChI is InChI=1S/C17H17N3O/c1-13(7-8-14-5-3-2-4-6-14)19-20-17(21)15-9-11-16(18)12-10-15/h2-12H,18H2,1H3,(H,20,21)/b8-7-,19-13+. The van der Waals surface area contributed by atoms with E-state index in [0.717, 1.165) is 5.56 Å². The van der Waals surface area contributed by atoms with E-state index in [4.69, 9.17) is 5.73 Å². The van der Waals surface area contributed by atoms with Crippen LogP contribution in [0.3, 0.4) is 0 Å². The zero-order valence-corrected chi connectivity index (χ0v) is 11.8. The number of benzene rings is 2. The van der Waals surface area contributed by atoms with Gasteiger partial charge < -0.3 is 5.73 Å². The molecule has 0 aliphatic carbocycles. The van der Waals surface area contributed by atoms with Gasteiger partial charge in [0.05, 0.1) is 5.71 Å². The molecular weight excluding hydrogens is 262 g/mol. The number of nitrogen functional groups attached to an aromatic ring is 1. The van der Waals surface area contributed by atoms with Crippen LogP contribution in [-0.4, -0.2) is 11.6 Å². The first kappa shape index (κ1) is 14.5. The van der Waals surface area contributed by atoms with Gasteiger partial charge in [-0.25, -0.2) is 5.43 Å². The van der Waals surface area contributed by atoms with Gasteiger partial charge in [0.1, 0.15) is 0 Å². The number of nitrogens with zero attached hydrogens (tertiary/aromatic N) is 1. The molecule has 3 N–H and O–H groups in total. The first-order valence-electron chi connectivity index (χ1n) is 6.58. The zero-order valence-electron chi connectivity index (χ0n) is 11.8. The molecule has 4 nitrogen and oxygen atoms in total. The Bertz CT molecular complexity index is 658. The molecule has 0 bridgehead atoms. The van der Waals surface area contributed by atoms with Crippen molar-refractivity contribution in [2.45, 2.75) is 6.92 Å². The maximum absolute atomic E-state index is 11.9. The topological polar surface area (TPSA) is 67.5 Å². The number of carbonyl (C=O) groups excluding carboxylic acids is 1. The van der Waals surface area contributed by atoms with Gasteiger partial charge in [0.25, 0.3) is 5.91 Å². The van der Waals surface area contributed by atoms with E-state index in [1.165, 1.54) is 0 Å². The summed E-state index contributed by atoms with van der Waals surface area (Å²) in [6.45, 7) is 1.82. The second kappa shape index (κ2) is 7.05. The minimum Gasteiger partial charge on any atom is -0.399 e. The van der Waals surface area contributed by atoms with Crippen molar-refractivity contribution in [1.82, 2.24) is 5.43 Å². The fraction of sp³-hybridized carbons (Fsp3) is 0.0588. The smallest absolute Gasteiger partial charge is 0.271 e. The third kappa shape index (κ3) is 4.62. The van der Waals surface area contributed by atoms with Gasteiger partial charge >= 0.3 is 0 Å². The number of hydrogen-bond acceptors (Lipinski definition) is 3. The van der Waals surface area contributed by atoms with Crippen LogP contribution in [0.2, 0.25) is 0 Å². The lowest BCUT2D eigenvalue weighted by atomic mass is 10.2. The van der Waals surface area contributed by atoms with Crippen molar-refractivity contribution in [3.05, 3.63) is 71.8 Å². The summed E-state index contributed by atoms with van der Waals surface area (Å²) in [4.78, 5) is 11.9. The van der Waals surface area contributed by atoms with Gasteiger partial charge in [-0.3, -0.25) is 4.79 Å². The van der Waals surface area contributed by atoms with Crippen LogP contribution in [-0.2, 0) is 0 Å². The summed E-state index contributed by atoms with van der Waals surface area (Å²) in [7, 11) is 0. The van der Waals surface area contributed by atoms with Gasteiger partial charge in [-0.1, -0.05) is 36.4 Å². The van der Waals surface area contributed by atoms with Gasteiger partial charge in [0, 0.05) is 11.3 Å². The van der Waals surface area contributed by atoms with Gasteiger partial charge in [-0.15, -0.1) is 0 Å². The Labute approximate surface area is 124 Å². The van der Waals surface area contributed by atoms with E-state index in [0.29, 0.717) is 17.0 Å². The molecule has 0 unspecified atom stereocenters. The lowest BCUT2D eigenvalue weighted by Crippen LogP contribution is -2.18. The van der Waals surface area contributed by atoms with Crippen molar-refractivity contribution in [2.75, 3.05) is 5.73 Å². The fourth-order valence-corrected chi connectivity index (χ4v) is 1.66. The van der Waals surface area contributed by atoms with E-state index >= 15 is 0 Å². The molecule has 0 fully saturated rings. The first-order valence-corrected chi connectivity index (χ1v) is 6.58. The quantitative estimate of drug-likeness (QED) is 0.513. The van der Waals surface area contributed by atoms with Gasteiger partial charge in [-0.05, 0) is 42.8 Å². The third-order valence-electron chi connectivity index (χ3n) is 2.82. The Balaban J connectivity index is 1.95. The van der Waals surface area contributed by atoms with Crippen molar-refractivity contribution < 1.29 is 4.79 Å². The number of amides is 1. The molecule has 0 heterocycles. The van der Waals surface area contributed by atoms with Crippen LogP contribution < -0.4 is 11.2 Å². The number of nitrogens with one attached hydrogen (secondary N) is 1. The van der Waals surface area contributed by atoms with Crippen LogP contribution in [0.1, 0.15) is 22.8 Å². The highest BCUT2D eigenvalue weighted by molar-refractivity contribution is 5.99. The van der Waals surface area contributed by atoms with E-state index in [9.17, 15) is 4.79 Å². The lowest BCUT2D eigenvalue weighted by Gasteiger charge is -2.01. The number of nitrogens with two attached hydrogens (primary N) is 1. The van der Waals surface area contributed by atoms with E-state index in [2.05, 4.69) is 10.5 Å². The fourth-order valence-electron chi connectivity index (χ4n) is 1.66. The average Bonchev–Trinajstić information content (AvgIpc) is 2.52. The van der Waals surface area contributed by atoms with Crippen molar-refractivity contribution in [2.24, 2.45) is 5.10 Å². The molecule has 1 amide bonds. The Morgan fingerprint density at radius 2 is 1.76 bits per heavy atom. The maximum atomic E-state index is 11.9. The Kier molecular flexibility index (Phi) is 4.88. The number of carbonyl (C=O) groups is 1. The van der Waals surface area contributed by atoms with E-state index < -0.39 is 0 Å². The van der Waals surface area contributed by atoms with Crippen molar-refractivity contribution in [3.63, 3.8) is 0 Å². The SMILES string of the molecule is CC(/C=C\c1ccccc1)=N\NC(=O)c1ccc(N)cc1. The summed E-state index contributed by atoms with van der Waals surface area (Å²) >= 11 is 0. The molecule has 0 aliphatic heterocycles. The third-order valence-corrected chi connectivity index (χ3v) is 2.82. The molecular formula is C17H17N3O. The van der Waals surface area contributed by atoms with Crippen molar-refractivity contribution in [1.29, 1.82) is 0 Å². The number of anilines is 1. The van der Waals surface area contributed by atoms with Crippen LogP contribution in [0.5, 0.6) is 0 Å². The summed E-state index contributed by atoms with van der Waals surface area (Å²) in [5.41, 5.74) is 11.0. The highest BCUT2D eigenvalue weighted by Crippen LogP contribution is 2.05. The minimum atomic E-state index is -0.262. The molecule has 0 saturated heterocycles. The average molecular weight is 279 g/mol. The monoisotopic (exact) mass is 279 g/mol. The van der Waals surface area contributed by atoms with Crippen LogP contribution in [0.4, 0.5) is 5.69 Å². The van der Waals surface area contributed by atoms with Gasteiger partial charge in [0.15, 0.2) is 0 Å². The summed E-state index contributed by atoms with van der Waals surface area (Å²) in [5.74, 6) is -0.262. The molecule has 0 saturated carbocycles. The Morgan fingerprint density at radius 3 is 2.43 bits per heavy atom. The van der Waals surface area contributed by atoms with Crippen molar-refractivity contribution >= 4 is 23.4 Å². The van der Waals surface area contributed by atoms with Crippen LogP contribution in [0.15, 0.2) is 65.8 Å². The molecule has 0 aromatic heterocycles. The molecule has 21 heavy (non-hydrogen) atoms. The predicted octanol–water partition coefficient (Wildman–Crippen LogP) is 3.09. The van der Waals surface area contributed by atoms with Crippen LogP contribution in [0, 0.1) is 0 Å². The normalized spacial score (nSPS) is 11.6. The summed E-state index contributed by atoms with van der Waals surface area (Å²) in [6, 6.07) is 16.6. The molecule has 2 rings (SSSR count). The molecule has 2 aromatic rings. The highest BCUT2D eigenvalue weighted by Gasteiger charge is 2.02. The molecule has 0 spiro atoms. The second-order valence-corrected chi connectivity index (χ2v) is 4.56. The molecule has 0 radical (unpaired) electrons. The molecule has 0 aliphatic rings. The summed E-state index contributed by atoms with van der Waals surface area (Å²) in [6.07, 6.45) is 3.78. The van der Waals surface area contributed by atoms with E-state index in [1.54, 1.807) is 24.3 Å². The van der Waals surface area contributed by atoms with Crippen LogP contribution in [0.25, 0.3) is 6.08 Å². The molecule has 4 heteroatoms. The van der Waals surface area contributed by atoms with E-state index in [-0.39, 0.29) is 5.91 Å². The predicted molar refractivity (Wildman–Crippen MR) is 86.9 cm³/mol. The van der Waals surface area contributed by atoms with Gasteiger partial charge in [0.2, 0.25) is 0 Å². The van der Waals surface area contributed by atoms with E-state index in [1.807, 2.05) is 49.4 Å². The summed E-state index contributed by atoms with van der Waals surface area (Å²) < 4.78 is 0. The Hall–Kier alpha value is -2.88. The maximum Gasteiger partial charge on any atom is 0.271 e. The van der Waals surface area contributed by atoms with Crippen LogP contribution >= 0.6 is 0 Å². The number of hydrazone groups is 1. The summed E-state index contributed by atoms with van der Waals surface area (Å²) in [5, 5.41) is 4.04. The van der Waals surface area contributed by atoms with Crippen molar-refractivity contribution in [3.8, 4) is 0 Å². The molecule has 0 atom stereocenters. The molecule has 106 valence electrons. The number of rotatable bonds is 4. The number of hydrogen-bond donors (Lipinski definition) is 2. The highest BCUT2D eigenvalue weighted by atomic mass is 16.2. The Morgan fingerprint density at radius 1 is 1.10 bits per heavy atom. The first-order chi connectivity index (χ1) is 10.1. The number of allylic oxidation sites excluding steroid dienone is 1. The minimum absolute atomic E-state index is 0.262. The largest absolute Gasteiger partial charge is 0.399 e. The van der Waals surface area contributed by atoms with Gasteiger partial charge in [-0.2, -0.15) is 5.10 Å². The lowest BCUT2D eigenvalue weighted by molar-refractivity contribution is 0.0955. The zero-order chi connectivity index (χ0) is 15.1. The second-order valence-electron chi connectivity index (χ2n) is 4.56. The molecule has 2 aromatic carbocycles.